The van der Waals surface area contributed by atoms with Crippen molar-refractivity contribution in [1.29, 1.82) is 0 Å². The lowest BCUT2D eigenvalue weighted by molar-refractivity contribution is -0.139. The van der Waals surface area contributed by atoms with Gasteiger partial charge in [-0.1, -0.05) is 37.0 Å². The summed E-state index contributed by atoms with van der Waals surface area (Å²) in [5.41, 5.74) is 1.75. The molecule has 1 aromatic heterocycles. The third kappa shape index (κ3) is 3.52. The van der Waals surface area contributed by atoms with Crippen molar-refractivity contribution in [3.8, 4) is 0 Å². The zero-order chi connectivity index (χ0) is 17.8. The number of hydrogen-bond acceptors (Lipinski definition) is 6. The molecule has 0 saturated carbocycles. The first-order valence-electron chi connectivity index (χ1n) is 8.30. The van der Waals surface area contributed by atoms with Crippen LogP contribution in [0.1, 0.15) is 44.7 Å². The van der Waals surface area contributed by atoms with E-state index in [4.69, 9.17) is 4.74 Å². The van der Waals surface area contributed by atoms with E-state index in [1.807, 2.05) is 0 Å². The van der Waals surface area contributed by atoms with Crippen molar-refractivity contribution in [3.05, 3.63) is 46.9 Å². The smallest absolute Gasteiger partial charge is 0.338 e. The summed E-state index contributed by atoms with van der Waals surface area (Å²) >= 11 is 0. The minimum absolute atomic E-state index is 0.348. The monoisotopic (exact) mass is 345 g/mol. The normalized spacial score (nSPS) is 16.4. The highest BCUT2D eigenvalue weighted by Crippen LogP contribution is 2.34. The van der Waals surface area contributed by atoms with Gasteiger partial charge in [-0.2, -0.15) is 4.68 Å². The van der Waals surface area contributed by atoms with Gasteiger partial charge in [-0.05, 0) is 41.5 Å². The molecule has 1 aliphatic heterocycles. The third-order valence-corrected chi connectivity index (χ3v) is 4.10. The predicted octanol–water partition coefficient (Wildman–Crippen LogP) is 2.83. The number of nitrogens with zero attached hydrogens (tertiary/aromatic N) is 4. The summed E-state index contributed by atoms with van der Waals surface area (Å²) in [7, 11) is 0. The molecule has 0 amide bonds. The van der Waals surface area contributed by atoms with Crippen molar-refractivity contribution >= 4 is 11.9 Å². The minimum Gasteiger partial charge on any atom is -0.462 e. The summed E-state index contributed by atoms with van der Waals surface area (Å²) in [6.45, 7) is 4.22. The van der Waals surface area contributed by atoms with Gasteiger partial charge in [0.1, 0.15) is 11.9 Å². The Labute approximate surface area is 144 Å². The molecule has 0 radical (unpaired) electrons. The number of hydrogen-bond donors (Lipinski definition) is 1. The number of aromatic nitrogens is 4. The molecule has 1 aromatic carbocycles. The number of carbonyl (C=O) groups is 1. The quantitative estimate of drug-likeness (QED) is 0.640. The molecular formula is C17H20FN5O2. The number of carbonyl (C=O) groups excluding carboxylic acids is 1. The number of rotatable bonds is 6. The van der Waals surface area contributed by atoms with Crippen LogP contribution in [0.4, 0.5) is 10.3 Å². The van der Waals surface area contributed by atoms with E-state index in [2.05, 4.69) is 27.8 Å². The molecule has 0 unspecified atom stereocenters. The predicted molar refractivity (Wildman–Crippen MR) is 89.2 cm³/mol. The Morgan fingerprint density at radius 1 is 1.32 bits per heavy atom. The van der Waals surface area contributed by atoms with Gasteiger partial charge in [0, 0.05) is 5.70 Å². The van der Waals surface area contributed by atoms with Crippen LogP contribution in [0, 0.1) is 5.82 Å². The van der Waals surface area contributed by atoms with E-state index in [9.17, 15) is 9.18 Å². The van der Waals surface area contributed by atoms with E-state index in [0.717, 1.165) is 19.3 Å². The fourth-order valence-electron chi connectivity index (χ4n) is 2.82. The standard InChI is InChI=1S/C17H20FN5O2/c1-3-4-5-10-25-16(24)14-11(2)19-17-20-21-22-23(17)15(14)12-6-8-13(18)9-7-12/h6-9,15H,3-5,10H2,1-2H3,(H,19,20,22)/t15-/m1/s1. The Kier molecular flexibility index (Phi) is 5.06. The van der Waals surface area contributed by atoms with Crippen LogP contribution in [0.5, 0.6) is 0 Å². The molecule has 0 spiro atoms. The van der Waals surface area contributed by atoms with Gasteiger partial charge in [-0.15, -0.1) is 0 Å². The summed E-state index contributed by atoms with van der Waals surface area (Å²) in [5.74, 6) is -0.343. The zero-order valence-electron chi connectivity index (χ0n) is 14.2. The van der Waals surface area contributed by atoms with Crippen LogP contribution in [0.15, 0.2) is 35.5 Å². The van der Waals surface area contributed by atoms with Gasteiger partial charge >= 0.3 is 5.97 Å². The van der Waals surface area contributed by atoms with Gasteiger partial charge in [0.25, 0.3) is 0 Å². The molecule has 8 heteroatoms. The third-order valence-electron chi connectivity index (χ3n) is 4.10. The zero-order valence-corrected chi connectivity index (χ0v) is 14.2. The molecule has 2 heterocycles. The average Bonchev–Trinajstić information content (AvgIpc) is 3.06. The molecule has 2 aromatic rings. The van der Waals surface area contributed by atoms with Crippen LogP contribution in [-0.2, 0) is 9.53 Å². The lowest BCUT2D eigenvalue weighted by atomic mass is 9.96. The van der Waals surface area contributed by atoms with Gasteiger partial charge in [-0.3, -0.25) is 0 Å². The lowest BCUT2D eigenvalue weighted by Crippen LogP contribution is -2.29. The van der Waals surface area contributed by atoms with Crippen molar-refractivity contribution in [3.63, 3.8) is 0 Å². The van der Waals surface area contributed by atoms with Crippen LogP contribution >= 0.6 is 0 Å². The maximum atomic E-state index is 13.3. The summed E-state index contributed by atoms with van der Waals surface area (Å²) in [6, 6.07) is 5.37. The van der Waals surface area contributed by atoms with Crippen LogP contribution < -0.4 is 5.32 Å². The van der Waals surface area contributed by atoms with E-state index in [0.29, 0.717) is 29.4 Å². The van der Waals surface area contributed by atoms with Crippen molar-refractivity contribution in [2.24, 2.45) is 0 Å². The number of nitrogens with one attached hydrogen (secondary N) is 1. The van der Waals surface area contributed by atoms with Gasteiger partial charge in [-0.25, -0.2) is 9.18 Å². The molecule has 0 fully saturated rings. The topological polar surface area (TPSA) is 81.9 Å². The second-order valence-corrected chi connectivity index (χ2v) is 5.91. The molecule has 0 aliphatic carbocycles. The number of benzene rings is 1. The highest BCUT2D eigenvalue weighted by molar-refractivity contribution is 5.92. The number of tetrazole rings is 1. The fraction of sp³-hybridized carbons (Fsp3) is 0.412. The molecule has 0 saturated heterocycles. The van der Waals surface area contributed by atoms with Gasteiger partial charge in [0.05, 0.1) is 12.2 Å². The van der Waals surface area contributed by atoms with Crippen LogP contribution in [0.25, 0.3) is 0 Å². The Morgan fingerprint density at radius 2 is 2.08 bits per heavy atom. The van der Waals surface area contributed by atoms with Gasteiger partial charge in [0.2, 0.25) is 5.95 Å². The van der Waals surface area contributed by atoms with Crippen molar-refractivity contribution in [2.75, 3.05) is 11.9 Å². The van der Waals surface area contributed by atoms with Crippen molar-refractivity contribution in [2.45, 2.75) is 39.2 Å². The number of fused-ring (bicyclic) bond motifs is 1. The average molecular weight is 345 g/mol. The van der Waals surface area contributed by atoms with Gasteiger partial charge < -0.3 is 10.1 Å². The summed E-state index contributed by atoms with van der Waals surface area (Å²) < 4.78 is 20.2. The van der Waals surface area contributed by atoms with Crippen molar-refractivity contribution in [1.82, 2.24) is 20.2 Å². The second-order valence-electron chi connectivity index (χ2n) is 5.91. The Bertz CT molecular complexity index is 785. The summed E-state index contributed by atoms with van der Waals surface area (Å²) in [4.78, 5) is 12.7. The first kappa shape index (κ1) is 17.1. The molecular weight excluding hydrogens is 325 g/mol. The second kappa shape index (κ2) is 7.42. The lowest BCUT2D eigenvalue weighted by Gasteiger charge is -2.27. The first-order valence-corrected chi connectivity index (χ1v) is 8.30. The molecule has 3 rings (SSSR count). The largest absolute Gasteiger partial charge is 0.462 e. The SMILES string of the molecule is CCCCCOC(=O)C1=C(C)Nc2nnnn2[C@@H]1c1ccc(F)cc1. The Hall–Kier alpha value is -2.77. The maximum absolute atomic E-state index is 13.3. The van der Waals surface area contributed by atoms with Crippen LogP contribution in [0.3, 0.4) is 0 Å². The van der Waals surface area contributed by atoms with E-state index < -0.39 is 12.0 Å². The van der Waals surface area contributed by atoms with E-state index in [-0.39, 0.29) is 5.82 Å². The molecule has 1 atom stereocenters. The van der Waals surface area contributed by atoms with Crippen LogP contribution in [0.2, 0.25) is 0 Å². The van der Waals surface area contributed by atoms with E-state index in [1.54, 1.807) is 19.1 Å². The maximum Gasteiger partial charge on any atom is 0.338 e. The number of esters is 1. The molecule has 1 aliphatic rings. The molecule has 25 heavy (non-hydrogen) atoms. The molecule has 132 valence electrons. The van der Waals surface area contributed by atoms with Crippen LogP contribution in [-0.4, -0.2) is 32.8 Å². The fourth-order valence-corrected chi connectivity index (χ4v) is 2.82. The van der Waals surface area contributed by atoms with E-state index >= 15 is 0 Å². The number of anilines is 1. The number of unbranched alkanes of at least 4 members (excludes halogenated alkanes) is 2. The summed E-state index contributed by atoms with van der Waals surface area (Å²) in [5, 5.41) is 14.6. The first-order chi connectivity index (χ1) is 12.1. The summed E-state index contributed by atoms with van der Waals surface area (Å²) in [6.07, 6.45) is 2.87. The highest BCUT2D eigenvalue weighted by atomic mass is 19.1. The Morgan fingerprint density at radius 3 is 2.80 bits per heavy atom. The Balaban J connectivity index is 1.92. The minimum atomic E-state index is -0.564. The number of ether oxygens (including phenoxy) is 1. The molecule has 7 nitrogen and oxygen atoms in total. The molecule has 0 bridgehead atoms. The van der Waals surface area contributed by atoms with E-state index in [1.165, 1.54) is 16.8 Å². The highest BCUT2D eigenvalue weighted by Gasteiger charge is 2.34. The van der Waals surface area contributed by atoms with Gasteiger partial charge in [0.15, 0.2) is 0 Å². The number of allylic oxidation sites excluding steroid dienone is 1. The number of halogens is 1. The van der Waals surface area contributed by atoms with Crippen molar-refractivity contribution < 1.29 is 13.9 Å². The molecule has 1 N–H and O–H groups in total.